The number of halogens is 1. The van der Waals surface area contributed by atoms with Crippen molar-refractivity contribution in [2.45, 2.75) is 0 Å². The summed E-state index contributed by atoms with van der Waals surface area (Å²) in [5, 5.41) is 0.369. The van der Waals surface area contributed by atoms with Gasteiger partial charge in [-0.05, 0) is 0 Å². The van der Waals surface area contributed by atoms with Crippen LogP contribution in [0.1, 0.15) is 0 Å². The summed E-state index contributed by atoms with van der Waals surface area (Å²) in [6.07, 6.45) is 7.60. The predicted molar refractivity (Wildman–Crippen MR) is 43.0 cm³/mol. The number of imidazole rings is 1. The maximum atomic E-state index is 5.65. The minimum absolute atomic E-state index is 0. The van der Waals surface area contributed by atoms with Crippen molar-refractivity contribution in [1.82, 2.24) is 19.5 Å². The van der Waals surface area contributed by atoms with Gasteiger partial charge in [0.05, 0.1) is 6.33 Å². The summed E-state index contributed by atoms with van der Waals surface area (Å²) in [6, 6.07) is 1.50. The molecule has 0 saturated heterocycles. The third-order valence-corrected chi connectivity index (χ3v) is 1.48. The number of aromatic nitrogens is 4. The topological polar surface area (TPSA) is 43.6 Å². The van der Waals surface area contributed by atoms with E-state index in [9.17, 15) is 0 Å². The van der Waals surface area contributed by atoms with Crippen LogP contribution in [-0.4, -0.2) is 19.5 Å². The van der Waals surface area contributed by atoms with E-state index in [4.69, 9.17) is 11.6 Å². The summed E-state index contributed by atoms with van der Waals surface area (Å²) < 4.78 is 1.66. The van der Waals surface area contributed by atoms with Gasteiger partial charge in [-0.3, -0.25) is 0 Å². The van der Waals surface area contributed by atoms with Gasteiger partial charge in [-0.15, -0.1) is 17.7 Å². The summed E-state index contributed by atoms with van der Waals surface area (Å²) in [7, 11) is 0. The summed E-state index contributed by atoms with van der Waals surface area (Å²) in [6.45, 7) is 0. The van der Waals surface area contributed by atoms with E-state index in [1.807, 2.05) is 0 Å². The van der Waals surface area contributed by atoms with Crippen LogP contribution in [0, 0.1) is 6.20 Å². The molecule has 0 N–H and O–H groups in total. The van der Waals surface area contributed by atoms with Crippen LogP contribution in [0.25, 0.3) is 5.95 Å². The van der Waals surface area contributed by atoms with Crippen LogP contribution in [0.4, 0.5) is 0 Å². The molecule has 6 heteroatoms. The van der Waals surface area contributed by atoms with Gasteiger partial charge in [-0.25, -0.2) is 4.98 Å². The maximum absolute atomic E-state index is 5.65. The molecular weight excluding hydrogens is 227 g/mol. The van der Waals surface area contributed by atoms with Crippen LogP contribution in [0.2, 0.25) is 5.15 Å². The van der Waals surface area contributed by atoms with Crippen LogP contribution in [0.5, 0.6) is 0 Å². The monoisotopic (exact) mass is 230 g/mol. The number of hydrogen-bond acceptors (Lipinski definition) is 3. The first kappa shape index (κ1) is 10.2. The van der Waals surface area contributed by atoms with Gasteiger partial charge in [0.15, 0.2) is 0 Å². The molecule has 0 amide bonds. The molecule has 2 aromatic heterocycles. The van der Waals surface area contributed by atoms with Crippen LogP contribution in [0.3, 0.4) is 0 Å². The molecule has 0 spiro atoms. The van der Waals surface area contributed by atoms with Crippen LogP contribution in [0.15, 0.2) is 24.8 Å². The summed E-state index contributed by atoms with van der Waals surface area (Å²) >= 11 is 5.65. The van der Waals surface area contributed by atoms with Crippen molar-refractivity contribution in [3.8, 4) is 5.95 Å². The molecule has 0 fully saturated rings. The van der Waals surface area contributed by atoms with Crippen molar-refractivity contribution in [3.63, 3.8) is 0 Å². The molecule has 0 saturated carbocycles. The van der Waals surface area contributed by atoms with E-state index in [0.717, 1.165) is 0 Å². The minimum Gasteiger partial charge on any atom is -0.354 e. The molecule has 0 aliphatic rings. The van der Waals surface area contributed by atoms with Crippen molar-refractivity contribution in [3.05, 3.63) is 36.1 Å². The number of hydrogen-bond donors (Lipinski definition) is 0. The molecule has 2 heterocycles. The number of rotatable bonds is 1. The molecule has 13 heavy (non-hydrogen) atoms. The van der Waals surface area contributed by atoms with Crippen molar-refractivity contribution < 1.29 is 18.6 Å². The second-order valence-electron chi connectivity index (χ2n) is 2.09. The second-order valence-corrected chi connectivity index (χ2v) is 2.48. The third kappa shape index (κ3) is 2.31. The molecular formula is C7H4ClN4V+. The Hall–Kier alpha value is -0.836. The summed E-state index contributed by atoms with van der Waals surface area (Å²) in [5.41, 5.74) is 0. The Morgan fingerprint density at radius 2 is 2.31 bits per heavy atom. The van der Waals surface area contributed by atoms with Crippen LogP contribution >= 0.6 is 11.6 Å². The first-order valence-corrected chi connectivity index (χ1v) is 3.63. The number of nitrogens with zero attached hydrogens (tertiary/aromatic N) is 4. The fourth-order valence-electron chi connectivity index (χ4n) is 0.789. The van der Waals surface area contributed by atoms with Crippen molar-refractivity contribution in [2.24, 2.45) is 0 Å². The molecule has 63 valence electrons. The molecule has 0 aromatic carbocycles. The molecule has 2 aromatic rings. The average Bonchev–Trinajstić information content (AvgIpc) is 2.56. The Labute approximate surface area is 91.9 Å². The van der Waals surface area contributed by atoms with Gasteiger partial charge < -0.3 is 14.5 Å². The van der Waals surface area contributed by atoms with E-state index >= 15 is 0 Å². The molecule has 0 unspecified atom stereocenters. The van der Waals surface area contributed by atoms with Crippen molar-refractivity contribution >= 4 is 11.6 Å². The van der Waals surface area contributed by atoms with Crippen molar-refractivity contribution in [1.29, 1.82) is 0 Å². The van der Waals surface area contributed by atoms with Crippen molar-refractivity contribution in [2.75, 3.05) is 0 Å². The van der Waals surface area contributed by atoms with Gasteiger partial charge in [0, 0.05) is 17.5 Å². The zero-order valence-corrected chi connectivity index (χ0v) is 8.58. The Morgan fingerprint density at radius 1 is 1.46 bits per heavy atom. The van der Waals surface area contributed by atoms with Gasteiger partial charge >= 0.3 is 18.6 Å². The van der Waals surface area contributed by atoms with E-state index in [2.05, 4.69) is 21.1 Å². The molecule has 0 bridgehead atoms. The van der Waals surface area contributed by atoms with Crippen LogP contribution in [-0.2, 0) is 18.6 Å². The Morgan fingerprint density at radius 3 is 2.92 bits per heavy atom. The van der Waals surface area contributed by atoms with Gasteiger partial charge in [-0.1, -0.05) is 6.20 Å². The Bertz CT molecular complexity index is 376. The Kier molecular flexibility index (Phi) is 3.48. The molecule has 0 aliphatic carbocycles. The molecule has 2 rings (SSSR count). The van der Waals surface area contributed by atoms with E-state index in [0.29, 0.717) is 11.1 Å². The quantitative estimate of drug-likeness (QED) is 0.545. The maximum Gasteiger partial charge on any atom is 2.00 e. The van der Waals surface area contributed by atoms with E-state index < -0.39 is 0 Å². The molecule has 4 nitrogen and oxygen atoms in total. The first-order chi connectivity index (χ1) is 5.86. The molecule has 1 radical (unpaired) electrons. The third-order valence-electron chi connectivity index (χ3n) is 1.29. The van der Waals surface area contributed by atoms with Gasteiger partial charge in [0.25, 0.3) is 0 Å². The molecule has 0 aliphatic heterocycles. The smallest absolute Gasteiger partial charge is 0.354 e. The molecule has 0 atom stereocenters. The van der Waals surface area contributed by atoms with Gasteiger partial charge in [0.2, 0.25) is 0 Å². The minimum atomic E-state index is 0. The zero-order chi connectivity index (χ0) is 8.39. The summed E-state index contributed by atoms with van der Waals surface area (Å²) in [4.78, 5) is 11.7. The fraction of sp³-hybridized carbons (Fsp3) is 0. The van der Waals surface area contributed by atoms with Gasteiger partial charge in [0.1, 0.15) is 5.95 Å². The first-order valence-electron chi connectivity index (χ1n) is 3.25. The van der Waals surface area contributed by atoms with E-state index in [1.54, 1.807) is 23.3 Å². The second kappa shape index (κ2) is 4.41. The largest absolute Gasteiger partial charge is 2.00 e. The van der Waals surface area contributed by atoms with Crippen LogP contribution < -0.4 is 0 Å². The zero-order valence-electron chi connectivity index (χ0n) is 6.42. The van der Waals surface area contributed by atoms with Gasteiger partial charge in [-0.2, -0.15) is 0 Å². The normalized spacial score (nSPS) is 9.31. The van der Waals surface area contributed by atoms with E-state index in [-0.39, 0.29) is 18.6 Å². The SMILES string of the molecule is Clc1c[c-]nc(-n2ccnc2)n1.[V+2]. The standard InChI is InChI=1S/C7H4ClN4.V/c8-6-1-2-10-7(11-6)12-4-3-9-5-12;/h1,3-5H;/q-1;+2. The Balaban J connectivity index is 0.000000845. The fourth-order valence-corrected chi connectivity index (χ4v) is 0.913. The summed E-state index contributed by atoms with van der Waals surface area (Å²) in [5.74, 6) is 0.472. The predicted octanol–water partition coefficient (Wildman–Crippen LogP) is 1.11. The average molecular weight is 231 g/mol. The van der Waals surface area contributed by atoms with E-state index in [1.165, 1.54) is 6.07 Å².